The Morgan fingerprint density at radius 3 is 2.37 bits per heavy atom. The van der Waals surface area contributed by atoms with E-state index in [0.717, 1.165) is 18.4 Å². The first-order valence-corrected chi connectivity index (χ1v) is 9.56. The largest absolute Gasteiger partial charge is 0.459 e. The average Bonchev–Trinajstić information content (AvgIpc) is 3.35. The van der Waals surface area contributed by atoms with Gasteiger partial charge in [0.05, 0.1) is 6.04 Å². The Bertz CT molecular complexity index is 692. The van der Waals surface area contributed by atoms with Crippen molar-refractivity contribution in [2.24, 2.45) is 5.73 Å². The minimum atomic E-state index is -0.636. The lowest BCUT2D eigenvalue weighted by Gasteiger charge is -2.31. The van der Waals surface area contributed by atoms with Crippen LogP contribution in [0.1, 0.15) is 38.2 Å². The molecule has 27 heavy (non-hydrogen) atoms. The number of carbonyl (C=O) groups is 3. The molecule has 0 aromatic heterocycles. The topological polar surface area (TPSA) is 92.9 Å². The van der Waals surface area contributed by atoms with Crippen LogP contribution in [0.15, 0.2) is 30.3 Å². The fourth-order valence-corrected chi connectivity index (χ4v) is 3.84. The third kappa shape index (κ3) is 4.30. The van der Waals surface area contributed by atoms with Gasteiger partial charge in [0.15, 0.2) is 0 Å². The Morgan fingerprint density at radius 2 is 1.70 bits per heavy atom. The van der Waals surface area contributed by atoms with Gasteiger partial charge in [-0.1, -0.05) is 30.3 Å². The van der Waals surface area contributed by atoms with E-state index in [1.165, 1.54) is 0 Å². The number of benzene rings is 1. The molecule has 2 aliphatic rings. The van der Waals surface area contributed by atoms with E-state index in [-0.39, 0.29) is 24.4 Å². The van der Waals surface area contributed by atoms with Crippen LogP contribution >= 0.6 is 0 Å². The quantitative estimate of drug-likeness (QED) is 0.779. The molecule has 0 spiro atoms. The van der Waals surface area contributed by atoms with Crippen LogP contribution in [0.2, 0.25) is 0 Å². The van der Waals surface area contributed by atoms with Gasteiger partial charge in [-0.25, -0.2) is 4.79 Å². The van der Waals surface area contributed by atoms with Gasteiger partial charge in [-0.15, -0.1) is 0 Å². The van der Waals surface area contributed by atoms with Gasteiger partial charge in [-0.3, -0.25) is 9.59 Å². The summed E-state index contributed by atoms with van der Waals surface area (Å²) in [4.78, 5) is 41.1. The second kappa shape index (κ2) is 8.52. The summed E-state index contributed by atoms with van der Waals surface area (Å²) in [7, 11) is 0. The van der Waals surface area contributed by atoms with Crippen molar-refractivity contribution in [3.63, 3.8) is 0 Å². The number of nitrogens with zero attached hydrogens (tertiary/aromatic N) is 2. The number of ether oxygens (including phenoxy) is 1. The molecule has 2 saturated heterocycles. The van der Waals surface area contributed by atoms with Crippen LogP contribution in [0, 0.1) is 0 Å². The zero-order valence-corrected chi connectivity index (χ0v) is 15.7. The molecule has 2 N–H and O–H groups in total. The van der Waals surface area contributed by atoms with Crippen LogP contribution in [0.25, 0.3) is 0 Å². The highest BCUT2D eigenvalue weighted by molar-refractivity contribution is 5.92. The van der Waals surface area contributed by atoms with E-state index >= 15 is 0 Å². The molecule has 3 atom stereocenters. The summed E-state index contributed by atoms with van der Waals surface area (Å²) in [5.74, 6) is -0.762. The van der Waals surface area contributed by atoms with Crippen LogP contribution in [0.5, 0.6) is 0 Å². The second-order valence-corrected chi connectivity index (χ2v) is 7.26. The molecule has 146 valence electrons. The molecule has 0 unspecified atom stereocenters. The maximum Gasteiger partial charge on any atom is 0.329 e. The predicted molar refractivity (Wildman–Crippen MR) is 99.4 cm³/mol. The van der Waals surface area contributed by atoms with Crippen LogP contribution < -0.4 is 5.73 Å². The van der Waals surface area contributed by atoms with E-state index in [1.54, 1.807) is 16.7 Å². The second-order valence-electron chi connectivity index (χ2n) is 7.26. The lowest BCUT2D eigenvalue weighted by atomic mass is 10.1. The van der Waals surface area contributed by atoms with Gasteiger partial charge in [-0.05, 0) is 38.2 Å². The molecular weight excluding hydrogens is 346 g/mol. The molecule has 2 heterocycles. The van der Waals surface area contributed by atoms with Crippen LogP contribution in [0.3, 0.4) is 0 Å². The normalized spacial score (nSPS) is 23.3. The number of carbonyl (C=O) groups excluding carboxylic acids is 3. The SMILES string of the molecule is C[C@H](N)C(=O)N1CCC[C@H]1C(=O)N1CCC[C@H]1C(=O)OCc1ccccc1. The van der Waals surface area contributed by atoms with E-state index in [1.807, 2.05) is 30.3 Å². The molecule has 0 radical (unpaired) electrons. The Kier molecular flexibility index (Phi) is 6.11. The Balaban J connectivity index is 1.63. The first-order valence-electron chi connectivity index (χ1n) is 9.56. The predicted octanol–water partition coefficient (Wildman–Crippen LogP) is 1.06. The van der Waals surface area contributed by atoms with E-state index < -0.39 is 18.1 Å². The molecule has 1 aromatic carbocycles. The molecule has 2 aliphatic heterocycles. The third-order valence-corrected chi connectivity index (χ3v) is 5.24. The molecule has 2 fully saturated rings. The Hall–Kier alpha value is -2.41. The highest BCUT2D eigenvalue weighted by atomic mass is 16.5. The molecular formula is C20H27N3O4. The van der Waals surface area contributed by atoms with Gasteiger partial charge in [0, 0.05) is 13.1 Å². The summed E-state index contributed by atoms with van der Waals surface area (Å²) in [5.41, 5.74) is 6.62. The summed E-state index contributed by atoms with van der Waals surface area (Å²) in [6, 6.07) is 7.72. The van der Waals surface area contributed by atoms with Crippen molar-refractivity contribution in [1.82, 2.24) is 9.80 Å². The Morgan fingerprint density at radius 1 is 1.07 bits per heavy atom. The van der Waals surface area contributed by atoms with Crippen LogP contribution in [0.4, 0.5) is 0 Å². The summed E-state index contributed by atoms with van der Waals surface area (Å²) < 4.78 is 5.43. The van der Waals surface area contributed by atoms with Crippen LogP contribution in [-0.2, 0) is 25.7 Å². The van der Waals surface area contributed by atoms with Crippen molar-refractivity contribution in [2.45, 2.75) is 57.3 Å². The molecule has 7 heteroatoms. The number of esters is 1. The summed E-state index contributed by atoms with van der Waals surface area (Å²) in [6.45, 7) is 2.87. The lowest BCUT2D eigenvalue weighted by Crippen LogP contribution is -2.53. The molecule has 7 nitrogen and oxygen atoms in total. The number of amides is 2. The first-order chi connectivity index (χ1) is 13.0. The Labute approximate surface area is 159 Å². The number of hydrogen-bond acceptors (Lipinski definition) is 5. The van der Waals surface area contributed by atoms with Crippen molar-refractivity contribution in [3.05, 3.63) is 35.9 Å². The van der Waals surface area contributed by atoms with E-state index in [2.05, 4.69) is 0 Å². The molecule has 0 aliphatic carbocycles. The molecule has 3 rings (SSSR count). The van der Waals surface area contributed by atoms with Gasteiger partial charge < -0.3 is 20.3 Å². The summed E-state index contributed by atoms with van der Waals surface area (Å²) in [5, 5.41) is 0. The number of hydrogen-bond donors (Lipinski definition) is 1. The van der Waals surface area contributed by atoms with E-state index in [4.69, 9.17) is 10.5 Å². The number of likely N-dealkylation sites (tertiary alicyclic amines) is 2. The fourth-order valence-electron chi connectivity index (χ4n) is 3.84. The lowest BCUT2D eigenvalue weighted by molar-refractivity contribution is -0.156. The molecule has 0 bridgehead atoms. The fraction of sp³-hybridized carbons (Fsp3) is 0.550. The highest BCUT2D eigenvalue weighted by Crippen LogP contribution is 2.26. The number of rotatable bonds is 5. The first kappa shape index (κ1) is 19.4. The van der Waals surface area contributed by atoms with Gasteiger partial charge in [0.2, 0.25) is 11.8 Å². The summed E-state index contributed by atoms with van der Waals surface area (Å²) in [6.07, 6.45) is 2.73. The van der Waals surface area contributed by atoms with Gasteiger partial charge in [-0.2, -0.15) is 0 Å². The monoisotopic (exact) mass is 373 g/mol. The van der Waals surface area contributed by atoms with Crippen LogP contribution in [-0.4, -0.2) is 58.8 Å². The van der Waals surface area contributed by atoms with E-state index in [9.17, 15) is 14.4 Å². The average molecular weight is 373 g/mol. The van der Waals surface area contributed by atoms with E-state index in [0.29, 0.717) is 25.9 Å². The molecule has 0 saturated carbocycles. The van der Waals surface area contributed by atoms with Crippen molar-refractivity contribution in [1.29, 1.82) is 0 Å². The standard InChI is InChI=1S/C20H27N3O4/c1-14(21)18(24)22-11-5-9-16(22)19(25)23-12-6-10-17(23)20(26)27-13-15-7-3-2-4-8-15/h2-4,7-8,14,16-17H,5-6,9-13,21H2,1H3/t14-,16-,17-/m0/s1. The zero-order valence-electron chi connectivity index (χ0n) is 15.7. The number of nitrogens with two attached hydrogens (primary N) is 1. The van der Waals surface area contributed by atoms with Crippen molar-refractivity contribution >= 4 is 17.8 Å². The minimum Gasteiger partial charge on any atom is -0.459 e. The van der Waals surface area contributed by atoms with Gasteiger partial charge in [0.25, 0.3) is 0 Å². The minimum absolute atomic E-state index is 0.166. The molecule has 1 aromatic rings. The van der Waals surface area contributed by atoms with Gasteiger partial charge >= 0.3 is 5.97 Å². The highest BCUT2D eigenvalue weighted by Gasteiger charge is 2.42. The molecule has 2 amide bonds. The van der Waals surface area contributed by atoms with Crippen molar-refractivity contribution in [3.8, 4) is 0 Å². The van der Waals surface area contributed by atoms with Gasteiger partial charge in [0.1, 0.15) is 18.7 Å². The maximum absolute atomic E-state index is 13.1. The summed E-state index contributed by atoms with van der Waals surface area (Å²) >= 11 is 0. The smallest absolute Gasteiger partial charge is 0.329 e. The maximum atomic E-state index is 13.1. The zero-order chi connectivity index (χ0) is 19.4. The van der Waals surface area contributed by atoms with Crippen molar-refractivity contribution < 1.29 is 19.1 Å². The van der Waals surface area contributed by atoms with Crippen molar-refractivity contribution in [2.75, 3.05) is 13.1 Å². The third-order valence-electron chi connectivity index (χ3n) is 5.24.